The summed E-state index contributed by atoms with van der Waals surface area (Å²) in [6, 6.07) is 6.55. The third-order valence-corrected chi connectivity index (χ3v) is 3.60. The molecule has 0 bridgehead atoms. The summed E-state index contributed by atoms with van der Waals surface area (Å²) < 4.78 is 41.7. The lowest BCUT2D eigenvalue weighted by molar-refractivity contribution is -0.0328. The predicted molar refractivity (Wildman–Crippen MR) is 71.1 cm³/mol. The number of hydrogen-bond donors (Lipinski definition) is 1. The Bertz CT molecular complexity index is 380. The molecule has 108 valence electrons. The second kappa shape index (κ2) is 7.17. The van der Waals surface area contributed by atoms with Gasteiger partial charge >= 0.3 is 5.51 Å². The lowest BCUT2D eigenvalue weighted by Gasteiger charge is -2.20. The molecule has 1 aromatic carbocycles. The van der Waals surface area contributed by atoms with E-state index in [1.165, 1.54) is 12.1 Å². The van der Waals surface area contributed by atoms with Crippen LogP contribution in [0.1, 0.15) is 19.4 Å². The van der Waals surface area contributed by atoms with Gasteiger partial charge in [-0.25, -0.2) is 0 Å². The van der Waals surface area contributed by atoms with Crippen molar-refractivity contribution in [3.63, 3.8) is 0 Å². The molecule has 2 nitrogen and oxygen atoms in total. The highest BCUT2D eigenvalue weighted by Gasteiger charge is 2.28. The first-order valence-corrected chi connectivity index (χ1v) is 6.74. The van der Waals surface area contributed by atoms with Crippen molar-refractivity contribution in [1.82, 2.24) is 5.32 Å². The van der Waals surface area contributed by atoms with E-state index in [9.17, 15) is 13.2 Å². The van der Waals surface area contributed by atoms with Gasteiger partial charge in [-0.3, -0.25) is 0 Å². The average molecular weight is 293 g/mol. The van der Waals surface area contributed by atoms with E-state index in [1.807, 2.05) is 13.8 Å². The van der Waals surface area contributed by atoms with Crippen molar-refractivity contribution < 1.29 is 17.9 Å². The molecule has 0 aromatic heterocycles. The van der Waals surface area contributed by atoms with Gasteiger partial charge in [0, 0.05) is 24.6 Å². The van der Waals surface area contributed by atoms with Gasteiger partial charge in [-0.1, -0.05) is 12.1 Å². The number of thioether (sulfide) groups is 1. The first-order valence-electron chi connectivity index (χ1n) is 5.92. The molecule has 0 unspecified atom stereocenters. The number of benzene rings is 1. The van der Waals surface area contributed by atoms with Gasteiger partial charge in [0.15, 0.2) is 0 Å². The topological polar surface area (TPSA) is 21.3 Å². The maximum absolute atomic E-state index is 12.2. The number of halogens is 3. The molecule has 0 saturated heterocycles. The van der Waals surface area contributed by atoms with Crippen LogP contribution in [0.5, 0.6) is 0 Å². The molecule has 0 spiro atoms. The molecule has 0 radical (unpaired) electrons. The van der Waals surface area contributed by atoms with E-state index in [0.717, 1.165) is 5.56 Å². The van der Waals surface area contributed by atoms with Crippen LogP contribution in [0.15, 0.2) is 29.2 Å². The van der Waals surface area contributed by atoms with Crippen LogP contribution in [0.25, 0.3) is 0 Å². The van der Waals surface area contributed by atoms with E-state index in [-0.39, 0.29) is 28.8 Å². The number of alkyl halides is 3. The van der Waals surface area contributed by atoms with E-state index in [0.29, 0.717) is 6.54 Å². The Morgan fingerprint density at radius 1 is 1.21 bits per heavy atom. The maximum atomic E-state index is 12.2. The predicted octanol–water partition coefficient (Wildman–Crippen LogP) is 3.81. The van der Waals surface area contributed by atoms with Crippen molar-refractivity contribution in [1.29, 1.82) is 0 Å². The fraction of sp³-hybridized carbons (Fsp3) is 0.538. The molecule has 0 aliphatic carbocycles. The molecule has 0 heterocycles. The summed E-state index contributed by atoms with van der Waals surface area (Å²) in [5, 5.41) is 3.26. The van der Waals surface area contributed by atoms with Crippen LogP contribution in [0.3, 0.4) is 0 Å². The Morgan fingerprint density at radius 3 is 2.26 bits per heavy atom. The first-order chi connectivity index (χ1) is 8.81. The molecule has 0 aliphatic rings. The molecule has 6 heteroatoms. The summed E-state index contributed by atoms with van der Waals surface area (Å²) in [7, 11) is 1.64. The molecule has 1 rings (SSSR count). The normalized spacial score (nSPS) is 15.3. The SMILES string of the molecule is CO[C@H](C)[C@H](C)NCc1ccc(SC(F)(F)F)cc1. The van der Waals surface area contributed by atoms with Gasteiger partial charge in [0.1, 0.15) is 0 Å². The summed E-state index contributed by atoms with van der Waals surface area (Å²) in [4.78, 5) is 0.203. The molecule has 0 aliphatic heterocycles. The second-order valence-electron chi connectivity index (χ2n) is 4.30. The number of ether oxygens (including phenoxy) is 1. The summed E-state index contributed by atoms with van der Waals surface area (Å²) in [5.74, 6) is 0. The van der Waals surface area contributed by atoms with E-state index in [4.69, 9.17) is 4.74 Å². The Morgan fingerprint density at radius 2 is 1.79 bits per heavy atom. The molecule has 19 heavy (non-hydrogen) atoms. The highest BCUT2D eigenvalue weighted by atomic mass is 32.2. The molecular weight excluding hydrogens is 275 g/mol. The fourth-order valence-corrected chi connectivity index (χ4v) is 2.00. The standard InChI is InChI=1S/C13H18F3NOS/c1-9(10(2)18-3)17-8-11-4-6-12(7-5-11)19-13(14,15)16/h4-7,9-10,17H,8H2,1-3H3/t9-,10+/m0/s1. The van der Waals surface area contributed by atoms with Gasteiger partial charge in [0.2, 0.25) is 0 Å². The van der Waals surface area contributed by atoms with Gasteiger partial charge in [-0.15, -0.1) is 0 Å². The van der Waals surface area contributed by atoms with E-state index >= 15 is 0 Å². The Balaban J connectivity index is 2.49. The molecule has 1 N–H and O–H groups in total. The van der Waals surface area contributed by atoms with Crippen LogP contribution in [-0.4, -0.2) is 24.8 Å². The summed E-state index contributed by atoms with van der Waals surface area (Å²) in [6.07, 6.45) is 0.0834. The van der Waals surface area contributed by atoms with E-state index in [2.05, 4.69) is 5.32 Å². The highest BCUT2D eigenvalue weighted by Crippen LogP contribution is 2.36. The number of rotatable bonds is 6. The summed E-state index contributed by atoms with van der Waals surface area (Å²) in [6.45, 7) is 4.56. The van der Waals surface area contributed by atoms with Crippen LogP contribution in [0, 0.1) is 0 Å². The largest absolute Gasteiger partial charge is 0.446 e. The minimum atomic E-state index is -4.23. The van der Waals surface area contributed by atoms with Crippen LogP contribution < -0.4 is 5.32 Å². The van der Waals surface area contributed by atoms with Crippen molar-refractivity contribution in [3.8, 4) is 0 Å². The van der Waals surface area contributed by atoms with E-state index < -0.39 is 5.51 Å². The van der Waals surface area contributed by atoms with Crippen LogP contribution in [0.4, 0.5) is 13.2 Å². The lowest BCUT2D eigenvalue weighted by atomic mass is 10.2. The number of methoxy groups -OCH3 is 1. The lowest BCUT2D eigenvalue weighted by Crippen LogP contribution is -2.36. The van der Waals surface area contributed by atoms with Crippen molar-refractivity contribution in [2.75, 3.05) is 7.11 Å². The monoisotopic (exact) mass is 293 g/mol. The molecule has 0 fully saturated rings. The molecule has 0 amide bonds. The minimum absolute atomic E-state index is 0.0834. The third-order valence-electron chi connectivity index (χ3n) is 2.86. The van der Waals surface area contributed by atoms with Crippen LogP contribution in [-0.2, 0) is 11.3 Å². The Labute approximate surface area is 115 Å². The Hall–Kier alpha value is -0.720. The van der Waals surface area contributed by atoms with Crippen molar-refractivity contribution >= 4 is 11.8 Å². The van der Waals surface area contributed by atoms with Crippen LogP contribution >= 0.6 is 11.8 Å². The van der Waals surface area contributed by atoms with Crippen molar-refractivity contribution in [3.05, 3.63) is 29.8 Å². The molecule has 0 saturated carbocycles. The van der Waals surface area contributed by atoms with E-state index in [1.54, 1.807) is 19.2 Å². The second-order valence-corrected chi connectivity index (χ2v) is 5.44. The zero-order valence-electron chi connectivity index (χ0n) is 11.1. The average Bonchev–Trinajstić information content (AvgIpc) is 2.34. The van der Waals surface area contributed by atoms with Gasteiger partial charge in [0.25, 0.3) is 0 Å². The fourth-order valence-electron chi connectivity index (χ4n) is 1.46. The highest BCUT2D eigenvalue weighted by molar-refractivity contribution is 8.00. The number of hydrogen-bond acceptors (Lipinski definition) is 3. The minimum Gasteiger partial charge on any atom is -0.380 e. The number of nitrogens with one attached hydrogen (secondary N) is 1. The molecule has 2 atom stereocenters. The van der Waals surface area contributed by atoms with Crippen molar-refractivity contribution in [2.24, 2.45) is 0 Å². The molecule has 1 aromatic rings. The summed E-state index contributed by atoms with van der Waals surface area (Å²) >= 11 is -0.0981. The van der Waals surface area contributed by atoms with Gasteiger partial charge < -0.3 is 10.1 Å². The van der Waals surface area contributed by atoms with Gasteiger partial charge in [0.05, 0.1) is 6.10 Å². The molecular formula is C13H18F3NOS. The zero-order chi connectivity index (χ0) is 14.5. The zero-order valence-corrected chi connectivity index (χ0v) is 11.9. The smallest absolute Gasteiger partial charge is 0.380 e. The first kappa shape index (κ1) is 16.3. The van der Waals surface area contributed by atoms with Gasteiger partial charge in [-0.2, -0.15) is 13.2 Å². The van der Waals surface area contributed by atoms with Crippen LogP contribution in [0.2, 0.25) is 0 Å². The third kappa shape index (κ3) is 6.31. The Kier molecular flexibility index (Phi) is 6.16. The quantitative estimate of drug-likeness (QED) is 0.806. The maximum Gasteiger partial charge on any atom is 0.446 e. The van der Waals surface area contributed by atoms with Crippen molar-refractivity contribution in [2.45, 2.75) is 42.9 Å². The summed E-state index contributed by atoms with van der Waals surface area (Å²) in [5.41, 5.74) is -3.29. The van der Waals surface area contributed by atoms with Gasteiger partial charge in [-0.05, 0) is 43.3 Å².